The molecule has 0 radical (unpaired) electrons. The second-order valence-corrected chi connectivity index (χ2v) is 4.56. The third-order valence-electron chi connectivity index (χ3n) is 2.40. The topological polar surface area (TPSA) is 59.8 Å². The van der Waals surface area contributed by atoms with Gasteiger partial charge in [-0.15, -0.1) is 0 Å². The SMILES string of the molecule is O=C(NCCCn1cccn1)c1ccnc(Br)c1. The number of nitrogens with one attached hydrogen (secondary N) is 1. The standard InChI is InChI=1S/C12H13BrN4O/c13-11-9-10(3-6-14-11)12(18)15-4-1-7-17-8-2-5-16-17/h2-3,5-6,8-9H,1,4,7H2,(H,15,18). The largest absolute Gasteiger partial charge is 0.352 e. The van der Waals surface area contributed by atoms with Crippen LogP contribution in [0, 0.1) is 0 Å². The van der Waals surface area contributed by atoms with E-state index in [0.717, 1.165) is 13.0 Å². The van der Waals surface area contributed by atoms with Gasteiger partial charge in [-0.2, -0.15) is 5.10 Å². The Morgan fingerprint density at radius 2 is 2.33 bits per heavy atom. The smallest absolute Gasteiger partial charge is 0.251 e. The van der Waals surface area contributed by atoms with Crippen molar-refractivity contribution in [3.05, 3.63) is 47.0 Å². The quantitative estimate of drug-likeness (QED) is 0.677. The number of carbonyl (C=O) groups excluding carboxylic acids is 1. The monoisotopic (exact) mass is 308 g/mol. The van der Waals surface area contributed by atoms with E-state index in [1.807, 2.05) is 16.9 Å². The Hall–Kier alpha value is -1.69. The van der Waals surface area contributed by atoms with Crippen LogP contribution in [-0.4, -0.2) is 27.2 Å². The van der Waals surface area contributed by atoms with Gasteiger partial charge in [-0.05, 0) is 40.5 Å². The molecule has 1 amide bonds. The number of pyridine rings is 1. The van der Waals surface area contributed by atoms with Gasteiger partial charge < -0.3 is 5.32 Å². The zero-order valence-corrected chi connectivity index (χ0v) is 11.3. The number of amides is 1. The van der Waals surface area contributed by atoms with Crippen molar-refractivity contribution in [3.8, 4) is 0 Å². The lowest BCUT2D eigenvalue weighted by atomic mass is 10.2. The number of rotatable bonds is 5. The van der Waals surface area contributed by atoms with E-state index in [1.165, 1.54) is 0 Å². The predicted molar refractivity (Wildman–Crippen MR) is 71.1 cm³/mol. The summed E-state index contributed by atoms with van der Waals surface area (Å²) in [5.74, 6) is -0.0847. The van der Waals surface area contributed by atoms with Crippen LogP contribution in [0.5, 0.6) is 0 Å². The van der Waals surface area contributed by atoms with Gasteiger partial charge in [0.05, 0.1) is 0 Å². The fourth-order valence-electron chi connectivity index (χ4n) is 1.52. The van der Waals surface area contributed by atoms with Gasteiger partial charge in [0.15, 0.2) is 0 Å². The number of carbonyl (C=O) groups is 1. The second kappa shape index (κ2) is 6.30. The first-order chi connectivity index (χ1) is 8.75. The van der Waals surface area contributed by atoms with E-state index in [0.29, 0.717) is 16.7 Å². The van der Waals surface area contributed by atoms with Gasteiger partial charge in [0.25, 0.3) is 5.91 Å². The molecule has 0 aromatic carbocycles. The summed E-state index contributed by atoms with van der Waals surface area (Å²) >= 11 is 3.24. The van der Waals surface area contributed by atoms with Crippen LogP contribution in [0.15, 0.2) is 41.4 Å². The van der Waals surface area contributed by atoms with Crippen molar-refractivity contribution in [2.24, 2.45) is 0 Å². The lowest BCUT2D eigenvalue weighted by Gasteiger charge is -2.05. The molecule has 2 aromatic rings. The molecule has 0 aliphatic heterocycles. The van der Waals surface area contributed by atoms with Crippen LogP contribution in [0.25, 0.3) is 0 Å². The molecule has 0 aliphatic carbocycles. The molecule has 0 spiro atoms. The predicted octanol–water partition coefficient (Wildman–Crippen LogP) is 1.86. The van der Waals surface area contributed by atoms with Crippen molar-refractivity contribution in [1.82, 2.24) is 20.1 Å². The van der Waals surface area contributed by atoms with Crippen LogP contribution in [0.1, 0.15) is 16.8 Å². The van der Waals surface area contributed by atoms with Crippen LogP contribution >= 0.6 is 15.9 Å². The average molecular weight is 309 g/mol. The maximum Gasteiger partial charge on any atom is 0.251 e. The molecular weight excluding hydrogens is 296 g/mol. The Bertz CT molecular complexity index is 513. The molecule has 0 saturated heterocycles. The van der Waals surface area contributed by atoms with Crippen LogP contribution in [-0.2, 0) is 6.54 Å². The zero-order chi connectivity index (χ0) is 12.8. The van der Waals surface area contributed by atoms with Crippen molar-refractivity contribution in [1.29, 1.82) is 0 Å². The molecule has 2 heterocycles. The number of halogens is 1. The zero-order valence-electron chi connectivity index (χ0n) is 9.71. The number of hydrogen-bond acceptors (Lipinski definition) is 3. The first-order valence-electron chi connectivity index (χ1n) is 5.63. The number of aromatic nitrogens is 3. The van der Waals surface area contributed by atoms with E-state index in [4.69, 9.17) is 0 Å². The van der Waals surface area contributed by atoms with E-state index < -0.39 is 0 Å². The van der Waals surface area contributed by atoms with Gasteiger partial charge in [-0.1, -0.05) is 0 Å². The molecule has 0 aliphatic rings. The highest BCUT2D eigenvalue weighted by Gasteiger charge is 2.05. The summed E-state index contributed by atoms with van der Waals surface area (Å²) in [5, 5.41) is 6.95. The Morgan fingerprint density at radius 1 is 1.44 bits per heavy atom. The fourth-order valence-corrected chi connectivity index (χ4v) is 1.89. The maximum absolute atomic E-state index is 11.8. The lowest BCUT2D eigenvalue weighted by molar-refractivity contribution is 0.0952. The first kappa shape index (κ1) is 12.8. The lowest BCUT2D eigenvalue weighted by Crippen LogP contribution is -2.25. The Balaban J connectivity index is 1.75. The van der Waals surface area contributed by atoms with Crippen molar-refractivity contribution in [2.45, 2.75) is 13.0 Å². The van der Waals surface area contributed by atoms with Gasteiger partial charge in [0, 0.05) is 37.2 Å². The maximum atomic E-state index is 11.8. The average Bonchev–Trinajstić information content (AvgIpc) is 2.87. The minimum absolute atomic E-state index is 0.0847. The van der Waals surface area contributed by atoms with Crippen molar-refractivity contribution < 1.29 is 4.79 Å². The van der Waals surface area contributed by atoms with Crippen LogP contribution in [0.2, 0.25) is 0 Å². The molecule has 0 bridgehead atoms. The fraction of sp³-hybridized carbons (Fsp3) is 0.250. The Labute approximate surface area is 113 Å². The molecule has 0 atom stereocenters. The molecule has 5 nitrogen and oxygen atoms in total. The van der Waals surface area contributed by atoms with E-state index in [2.05, 4.69) is 31.3 Å². The molecule has 6 heteroatoms. The van der Waals surface area contributed by atoms with Crippen LogP contribution in [0.3, 0.4) is 0 Å². The summed E-state index contributed by atoms with van der Waals surface area (Å²) in [6.45, 7) is 1.42. The molecule has 2 rings (SSSR count). The first-order valence-corrected chi connectivity index (χ1v) is 6.42. The van der Waals surface area contributed by atoms with Crippen LogP contribution in [0.4, 0.5) is 0 Å². The highest BCUT2D eigenvalue weighted by molar-refractivity contribution is 9.10. The molecular formula is C12H13BrN4O. The van der Waals surface area contributed by atoms with Gasteiger partial charge in [0.1, 0.15) is 4.60 Å². The summed E-state index contributed by atoms with van der Waals surface area (Å²) in [6.07, 6.45) is 6.09. The molecule has 2 aromatic heterocycles. The summed E-state index contributed by atoms with van der Waals surface area (Å²) < 4.78 is 2.50. The van der Waals surface area contributed by atoms with Gasteiger partial charge in [-0.3, -0.25) is 9.48 Å². The van der Waals surface area contributed by atoms with E-state index in [1.54, 1.807) is 24.5 Å². The minimum atomic E-state index is -0.0847. The second-order valence-electron chi connectivity index (χ2n) is 3.75. The molecule has 18 heavy (non-hydrogen) atoms. The highest BCUT2D eigenvalue weighted by atomic mass is 79.9. The minimum Gasteiger partial charge on any atom is -0.352 e. The summed E-state index contributed by atoms with van der Waals surface area (Å²) in [7, 11) is 0. The summed E-state index contributed by atoms with van der Waals surface area (Å²) in [4.78, 5) is 15.8. The summed E-state index contributed by atoms with van der Waals surface area (Å²) in [5.41, 5.74) is 0.607. The number of hydrogen-bond donors (Lipinski definition) is 1. The van der Waals surface area contributed by atoms with E-state index in [-0.39, 0.29) is 5.91 Å². The molecule has 0 fully saturated rings. The van der Waals surface area contributed by atoms with Gasteiger partial charge in [-0.25, -0.2) is 4.98 Å². The van der Waals surface area contributed by atoms with E-state index >= 15 is 0 Å². The molecule has 94 valence electrons. The third kappa shape index (κ3) is 3.66. The van der Waals surface area contributed by atoms with Crippen LogP contribution < -0.4 is 5.32 Å². The Kier molecular flexibility index (Phi) is 4.46. The van der Waals surface area contributed by atoms with Crippen molar-refractivity contribution in [3.63, 3.8) is 0 Å². The molecule has 0 unspecified atom stereocenters. The molecule has 1 N–H and O–H groups in total. The Morgan fingerprint density at radius 3 is 3.06 bits per heavy atom. The highest BCUT2D eigenvalue weighted by Crippen LogP contribution is 2.07. The normalized spacial score (nSPS) is 10.3. The number of nitrogens with zero attached hydrogens (tertiary/aromatic N) is 3. The third-order valence-corrected chi connectivity index (χ3v) is 2.83. The van der Waals surface area contributed by atoms with Crippen molar-refractivity contribution >= 4 is 21.8 Å². The summed E-state index contributed by atoms with van der Waals surface area (Å²) in [6, 6.07) is 5.27. The molecule has 0 saturated carbocycles. The number of aryl methyl sites for hydroxylation is 1. The van der Waals surface area contributed by atoms with E-state index in [9.17, 15) is 4.79 Å². The van der Waals surface area contributed by atoms with Gasteiger partial charge >= 0.3 is 0 Å². The van der Waals surface area contributed by atoms with Gasteiger partial charge in [0.2, 0.25) is 0 Å². The van der Waals surface area contributed by atoms with Crippen molar-refractivity contribution in [2.75, 3.05) is 6.54 Å².